The van der Waals surface area contributed by atoms with E-state index in [0.717, 1.165) is 39.1 Å². The molecule has 1 aliphatic rings. The maximum Gasteiger partial charge on any atom is 0.241 e. The normalized spacial score (nSPS) is 16.9. The summed E-state index contributed by atoms with van der Waals surface area (Å²) in [5.74, 6) is -0.543. The fourth-order valence-electron chi connectivity index (χ4n) is 3.30. The maximum absolute atomic E-state index is 13.1. The van der Waals surface area contributed by atoms with Crippen LogP contribution in [-0.4, -0.2) is 54.5 Å². The summed E-state index contributed by atoms with van der Waals surface area (Å²) in [5.41, 5.74) is 1.79. The fourth-order valence-corrected chi connectivity index (χ4v) is 3.51. The lowest BCUT2D eigenvalue weighted by Crippen LogP contribution is -2.53. The summed E-state index contributed by atoms with van der Waals surface area (Å²) in [6.45, 7) is 6.51. The molecule has 2 aromatic carbocycles. The van der Waals surface area contributed by atoms with Crippen LogP contribution < -0.4 is 5.32 Å². The molecule has 27 heavy (non-hydrogen) atoms. The van der Waals surface area contributed by atoms with Gasteiger partial charge in [-0.3, -0.25) is 9.69 Å². The van der Waals surface area contributed by atoms with Gasteiger partial charge in [-0.1, -0.05) is 41.9 Å². The highest BCUT2D eigenvalue weighted by Crippen LogP contribution is 2.23. The molecule has 2 aromatic rings. The molecule has 6 heteroatoms. The van der Waals surface area contributed by atoms with Crippen LogP contribution in [0.25, 0.3) is 0 Å². The zero-order chi connectivity index (χ0) is 19.2. The molecule has 1 fully saturated rings. The van der Waals surface area contributed by atoms with E-state index < -0.39 is 5.82 Å². The Balaban J connectivity index is 1.46. The van der Waals surface area contributed by atoms with E-state index in [4.69, 9.17) is 11.6 Å². The Kier molecular flexibility index (Phi) is 6.83. The van der Waals surface area contributed by atoms with Crippen molar-refractivity contribution < 1.29 is 9.18 Å². The van der Waals surface area contributed by atoms with Crippen LogP contribution in [0, 0.1) is 5.82 Å². The van der Waals surface area contributed by atoms with E-state index in [9.17, 15) is 9.18 Å². The Bertz CT molecular complexity index is 763. The van der Waals surface area contributed by atoms with Gasteiger partial charge in [-0.05, 0) is 37.1 Å². The first-order chi connectivity index (χ1) is 13.0. The molecule has 1 heterocycles. The van der Waals surface area contributed by atoms with Crippen LogP contribution in [-0.2, 0) is 11.2 Å². The highest BCUT2D eigenvalue weighted by molar-refractivity contribution is 6.33. The third-order valence-corrected chi connectivity index (χ3v) is 5.40. The van der Waals surface area contributed by atoms with Crippen LogP contribution in [0.15, 0.2) is 48.5 Å². The zero-order valence-corrected chi connectivity index (χ0v) is 16.3. The number of carbonyl (C=O) groups is 1. The highest BCUT2D eigenvalue weighted by Gasteiger charge is 2.25. The first-order valence-corrected chi connectivity index (χ1v) is 9.67. The molecule has 1 saturated heterocycles. The number of piperazine rings is 1. The molecule has 1 amide bonds. The Labute approximate surface area is 164 Å². The second kappa shape index (κ2) is 9.31. The van der Waals surface area contributed by atoms with Crippen LogP contribution in [0.5, 0.6) is 0 Å². The number of hydrogen-bond acceptors (Lipinski definition) is 3. The van der Waals surface area contributed by atoms with Gasteiger partial charge >= 0.3 is 0 Å². The van der Waals surface area contributed by atoms with Gasteiger partial charge < -0.3 is 10.2 Å². The van der Waals surface area contributed by atoms with Gasteiger partial charge in [0.15, 0.2) is 0 Å². The number of amides is 1. The number of benzene rings is 2. The third kappa shape index (κ3) is 5.51. The zero-order valence-electron chi connectivity index (χ0n) is 15.5. The lowest BCUT2D eigenvalue weighted by Gasteiger charge is -2.37. The fraction of sp³-hybridized carbons (Fsp3) is 0.381. The first-order valence-electron chi connectivity index (χ1n) is 9.29. The molecule has 1 atom stereocenters. The SMILES string of the molecule is C[C@@H](C(=O)Nc1ccc(F)cc1Cl)N1CCN(CCc2ccccc2)CC1. The monoisotopic (exact) mass is 389 g/mol. The van der Waals surface area contributed by atoms with Gasteiger partial charge in [0.2, 0.25) is 5.91 Å². The summed E-state index contributed by atoms with van der Waals surface area (Å²) >= 11 is 5.99. The number of rotatable bonds is 6. The quantitative estimate of drug-likeness (QED) is 0.818. The summed E-state index contributed by atoms with van der Waals surface area (Å²) in [7, 11) is 0. The second-order valence-corrected chi connectivity index (χ2v) is 7.31. The maximum atomic E-state index is 13.1. The molecule has 0 aromatic heterocycles. The number of hydrogen-bond donors (Lipinski definition) is 1. The molecule has 1 aliphatic heterocycles. The molecular weight excluding hydrogens is 365 g/mol. The van der Waals surface area contributed by atoms with Gasteiger partial charge in [-0.15, -0.1) is 0 Å². The Hall–Kier alpha value is -1.95. The molecule has 0 radical (unpaired) electrons. The van der Waals surface area contributed by atoms with E-state index in [1.54, 1.807) is 0 Å². The van der Waals surface area contributed by atoms with Gasteiger partial charge in [-0.2, -0.15) is 0 Å². The van der Waals surface area contributed by atoms with Crippen molar-refractivity contribution in [2.45, 2.75) is 19.4 Å². The highest BCUT2D eigenvalue weighted by atomic mass is 35.5. The van der Waals surface area contributed by atoms with Crippen molar-refractivity contribution in [2.24, 2.45) is 0 Å². The number of anilines is 1. The van der Waals surface area contributed by atoms with Crippen LogP contribution in [0.3, 0.4) is 0 Å². The lowest BCUT2D eigenvalue weighted by atomic mass is 10.1. The van der Waals surface area contributed by atoms with Gasteiger partial charge in [0.05, 0.1) is 16.8 Å². The summed E-state index contributed by atoms with van der Waals surface area (Å²) in [6, 6.07) is 14.2. The van der Waals surface area contributed by atoms with Crippen molar-refractivity contribution in [1.82, 2.24) is 9.80 Å². The lowest BCUT2D eigenvalue weighted by molar-refractivity contribution is -0.121. The van der Waals surface area contributed by atoms with Crippen molar-refractivity contribution in [3.63, 3.8) is 0 Å². The van der Waals surface area contributed by atoms with Crippen LogP contribution in [0.2, 0.25) is 5.02 Å². The molecule has 144 valence electrons. The molecule has 0 unspecified atom stereocenters. The molecule has 3 rings (SSSR count). The topological polar surface area (TPSA) is 35.6 Å². The van der Waals surface area contributed by atoms with Crippen LogP contribution in [0.4, 0.5) is 10.1 Å². The molecule has 1 N–H and O–H groups in total. The van der Waals surface area contributed by atoms with E-state index in [1.807, 2.05) is 13.0 Å². The van der Waals surface area contributed by atoms with E-state index in [2.05, 4.69) is 39.4 Å². The van der Waals surface area contributed by atoms with Crippen molar-refractivity contribution in [3.8, 4) is 0 Å². The van der Waals surface area contributed by atoms with Crippen molar-refractivity contribution in [2.75, 3.05) is 38.0 Å². The van der Waals surface area contributed by atoms with E-state index >= 15 is 0 Å². The standard InChI is InChI=1S/C21H25ClFN3O/c1-16(21(27)24-20-8-7-18(23)15-19(20)22)26-13-11-25(12-14-26)10-9-17-5-3-2-4-6-17/h2-8,15-16H,9-14H2,1H3,(H,24,27)/t16-/m0/s1. The Morgan fingerprint density at radius 3 is 2.52 bits per heavy atom. The second-order valence-electron chi connectivity index (χ2n) is 6.90. The first kappa shape index (κ1) is 19.8. The molecule has 0 spiro atoms. The van der Waals surface area contributed by atoms with Crippen molar-refractivity contribution >= 4 is 23.2 Å². The molecule has 0 saturated carbocycles. The summed E-state index contributed by atoms with van der Waals surface area (Å²) in [5, 5.41) is 3.01. The molecular formula is C21H25ClFN3O. The van der Waals surface area contributed by atoms with Gasteiger partial charge in [0.25, 0.3) is 0 Å². The van der Waals surface area contributed by atoms with E-state index in [1.165, 1.54) is 23.8 Å². The van der Waals surface area contributed by atoms with Gasteiger partial charge in [0, 0.05) is 32.7 Å². The number of halogens is 2. The Morgan fingerprint density at radius 2 is 1.85 bits per heavy atom. The average Bonchev–Trinajstić information content (AvgIpc) is 2.69. The predicted molar refractivity (Wildman–Crippen MR) is 108 cm³/mol. The number of nitrogens with zero attached hydrogens (tertiary/aromatic N) is 2. The average molecular weight is 390 g/mol. The third-order valence-electron chi connectivity index (χ3n) is 5.08. The molecule has 4 nitrogen and oxygen atoms in total. The molecule has 0 aliphatic carbocycles. The minimum atomic E-state index is -0.419. The minimum absolute atomic E-state index is 0.124. The van der Waals surface area contributed by atoms with Gasteiger partial charge in [-0.25, -0.2) is 4.39 Å². The van der Waals surface area contributed by atoms with Gasteiger partial charge in [0.1, 0.15) is 5.82 Å². The van der Waals surface area contributed by atoms with Crippen LogP contribution >= 0.6 is 11.6 Å². The van der Waals surface area contributed by atoms with Crippen molar-refractivity contribution in [3.05, 3.63) is 64.9 Å². The summed E-state index contributed by atoms with van der Waals surface area (Å²) in [4.78, 5) is 17.1. The Morgan fingerprint density at radius 1 is 1.15 bits per heavy atom. The van der Waals surface area contributed by atoms with Crippen molar-refractivity contribution in [1.29, 1.82) is 0 Å². The number of nitrogens with one attached hydrogen (secondary N) is 1. The van der Waals surface area contributed by atoms with E-state index in [-0.39, 0.29) is 17.0 Å². The number of carbonyl (C=O) groups excluding carboxylic acids is 1. The summed E-state index contributed by atoms with van der Waals surface area (Å²) < 4.78 is 13.1. The smallest absolute Gasteiger partial charge is 0.241 e. The predicted octanol–water partition coefficient (Wildman–Crippen LogP) is 3.67. The minimum Gasteiger partial charge on any atom is -0.323 e. The summed E-state index contributed by atoms with van der Waals surface area (Å²) in [6.07, 6.45) is 1.04. The van der Waals surface area contributed by atoms with E-state index in [0.29, 0.717) is 5.69 Å². The largest absolute Gasteiger partial charge is 0.323 e. The van der Waals surface area contributed by atoms with Crippen LogP contribution in [0.1, 0.15) is 12.5 Å². The molecule has 0 bridgehead atoms.